The molecular formula is C23H31N3O3. The molecule has 1 aliphatic heterocycles. The average Bonchev–Trinajstić information content (AvgIpc) is 3.27. The Hall–Kier alpha value is -2.73. The van der Waals surface area contributed by atoms with Crippen molar-refractivity contribution >= 4 is 11.6 Å². The van der Waals surface area contributed by atoms with E-state index in [-0.39, 0.29) is 5.91 Å². The van der Waals surface area contributed by atoms with Crippen molar-refractivity contribution < 1.29 is 14.3 Å². The summed E-state index contributed by atoms with van der Waals surface area (Å²) in [7, 11) is 1.62. The molecule has 1 aliphatic rings. The van der Waals surface area contributed by atoms with Gasteiger partial charge in [0.1, 0.15) is 0 Å². The SMILES string of the molecule is CCN(CC)C(=O)c1ccc(NC[C@@H]2CCCN2)c(Oc2ccccc2OC)c1. The van der Waals surface area contributed by atoms with Gasteiger partial charge < -0.3 is 25.0 Å². The van der Waals surface area contributed by atoms with Crippen molar-refractivity contribution in [3.05, 3.63) is 48.0 Å². The zero-order valence-electron chi connectivity index (χ0n) is 17.5. The molecule has 0 spiro atoms. The maximum absolute atomic E-state index is 12.8. The van der Waals surface area contributed by atoms with Crippen LogP contribution < -0.4 is 20.1 Å². The summed E-state index contributed by atoms with van der Waals surface area (Å²) < 4.78 is 11.6. The molecule has 2 aromatic carbocycles. The van der Waals surface area contributed by atoms with Crippen molar-refractivity contribution in [2.75, 3.05) is 38.6 Å². The molecule has 29 heavy (non-hydrogen) atoms. The van der Waals surface area contributed by atoms with Gasteiger partial charge in [0, 0.05) is 31.2 Å². The number of methoxy groups -OCH3 is 1. The second-order valence-corrected chi connectivity index (χ2v) is 7.12. The number of ether oxygens (including phenoxy) is 2. The van der Waals surface area contributed by atoms with Crippen LogP contribution in [0, 0.1) is 0 Å². The number of carbonyl (C=O) groups is 1. The van der Waals surface area contributed by atoms with Gasteiger partial charge in [-0.3, -0.25) is 4.79 Å². The van der Waals surface area contributed by atoms with Crippen LogP contribution in [0.4, 0.5) is 5.69 Å². The third kappa shape index (κ3) is 5.21. The van der Waals surface area contributed by atoms with Crippen LogP contribution in [0.15, 0.2) is 42.5 Å². The number of hydrogen-bond acceptors (Lipinski definition) is 5. The van der Waals surface area contributed by atoms with Crippen LogP contribution in [0.5, 0.6) is 17.2 Å². The molecule has 1 heterocycles. The molecule has 0 aromatic heterocycles. The molecule has 1 atom stereocenters. The van der Waals surface area contributed by atoms with Crippen LogP contribution in [-0.2, 0) is 0 Å². The molecule has 3 rings (SSSR count). The maximum Gasteiger partial charge on any atom is 0.253 e. The summed E-state index contributed by atoms with van der Waals surface area (Å²) in [6, 6.07) is 13.6. The van der Waals surface area contributed by atoms with E-state index in [1.165, 1.54) is 6.42 Å². The Bertz CT molecular complexity index is 815. The monoisotopic (exact) mass is 397 g/mol. The standard InChI is InChI=1S/C23H31N3O3/c1-4-26(5-2)23(27)17-12-13-19(25-16-18-9-8-14-24-18)22(15-17)29-21-11-7-6-10-20(21)28-3/h6-7,10-13,15,18,24-25H,4-5,8-9,14,16H2,1-3H3/t18-/m0/s1. The van der Waals surface area contributed by atoms with E-state index >= 15 is 0 Å². The van der Waals surface area contributed by atoms with E-state index in [1.807, 2.05) is 56.3 Å². The van der Waals surface area contributed by atoms with Crippen molar-refractivity contribution in [2.45, 2.75) is 32.7 Å². The topological polar surface area (TPSA) is 62.8 Å². The summed E-state index contributed by atoms with van der Waals surface area (Å²) in [6.45, 7) is 7.19. The number of hydrogen-bond donors (Lipinski definition) is 2. The number of amides is 1. The lowest BCUT2D eigenvalue weighted by molar-refractivity contribution is 0.0772. The Morgan fingerprint density at radius 2 is 1.90 bits per heavy atom. The second-order valence-electron chi connectivity index (χ2n) is 7.12. The normalized spacial score (nSPS) is 15.8. The van der Waals surface area contributed by atoms with Crippen LogP contribution in [0.1, 0.15) is 37.0 Å². The van der Waals surface area contributed by atoms with E-state index in [9.17, 15) is 4.79 Å². The van der Waals surface area contributed by atoms with Gasteiger partial charge >= 0.3 is 0 Å². The lowest BCUT2D eigenvalue weighted by atomic mass is 10.1. The largest absolute Gasteiger partial charge is 0.493 e. The van der Waals surface area contributed by atoms with Crippen LogP contribution in [0.2, 0.25) is 0 Å². The van der Waals surface area contributed by atoms with Gasteiger partial charge in [-0.2, -0.15) is 0 Å². The van der Waals surface area contributed by atoms with Crippen LogP contribution in [-0.4, -0.2) is 50.1 Å². The highest BCUT2D eigenvalue weighted by Crippen LogP contribution is 2.36. The molecular weight excluding hydrogens is 366 g/mol. The third-order valence-corrected chi connectivity index (χ3v) is 5.27. The molecule has 0 saturated carbocycles. The molecule has 1 amide bonds. The highest BCUT2D eigenvalue weighted by molar-refractivity contribution is 5.95. The first-order chi connectivity index (χ1) is 14.2. The minimum Gasteiger partial charge on any atom is -0.493 e. The Kier molecular flexibility index (Phi) is 7.36. The van der Waals surface area contributed by atoms with Gasteiger partial charge in [-0.25, -0.2) is 0 Å². The van der Waals surface area contributed by atoms with E-state index in [2.05, 4.69) is 10.6 Å². The number of rotatable bonds is 9. The predicted octanol–water partition coefficient (Wildman–Crippen LogP) is 4.13. The Morgan fingerprint density at radius 3 is 2.55 bits per heavy atom. The van der Waals surface area contributed by atoms with Crippen molar-refractivity contribution in [1.29, 1.82) is 0 Å². The number of nitrogens with zero attached hydrogens (tertiary/aromatic N) is 1. The summed E-state index contributed by atoms with van der Waals surface area (Å²) in [4.78, 5) is 14.6. The highest BCUT2D eigenvalue weighted by Gasteiger charge is 2.18. The second kappa shape index (κ2) is 10.2. The summed E-state index contributed by atoms with van der Waals surface area (Å²) in [5.41, 5.74) is 1.48. The Labute approximate surface area is 173 Å². The summed E-state index contributed by atoms with van der Waals surface area (Å²) >= 11 is 0. The number of para-hydroxylation sites is 2. The van der Waals surface area contributed by atoms with Gasteiger partial charge in [0.05, 0.1) is 12.8 Å². The first-order valence-electron chi connectivity index (χ1n) is 10.4. The zero-order valence-corrected chi connectivity index (χ0v) is 17.5. The molecule has 1 fully saturated rings. The van der Waals surface area contributed by atoms with Crippen LogP contribution >= 0.6 is 0 Å². The number of nitrogens with one attached hydrogen (secondary N) is 2. The summed E-state index contributed by atoms with van der Waals surface area (Å²) in [6.07, 6.45) is 2.36. The fourth-order valence-electron chi connectivity index (χ4n) is 3.56. The van der Waals surface area contributed by atoms with E-state index in [0.717, 1.165) is 25.2 Å². The van der Waals surface area contributed by atoms with Gasteiger partial charge in [0.25, 0.3) is 5.91 Å². The number of carbonyl (C=O) groups excluding carboxylic acids is 1. The molecule has 0 unspecified atom stereocenters. The molecule has 156 valence electrons. The average molecular weight is 398 g/mol. The molecule has 1 saturated heterocycles. The molecule has 2 aromatic rings. The quantitative estimate of drug-likeness (QED) is 0.666. The fourth-order valence-corrected chi connectivity index (χ4v) is 3.56. The molecule has 0 bridgehead atoms. The summed E-state index contributed by atoms with van der Waals surface area (Å²) in [5, 5.41) is 6.97. The van der Waals surface area contributed by atoms with Crippen molar-refractivity contribution in [3.63, 3.8) is 0 Å². The lowest BCUT2D eigenvalue weighted by Gasteiger charge is -2.21. The van der Waals surface area contributed by atoms with E-state index in [4.69, 9.17) is 9.47 Å². The lowest BCUT2D eigenvalue weighted by Crippen LogP contribution is -2.30. The zero-order chi connectivity index (χ0) is 20.6. The first-order valence-corrected chi connectivity index (χ1v) is 10.4. The van der Waals surface area contributed by atoms with Crippen LogP contribution in [0.3, 0.4) is 0 Å². The smallest absolute Gasteiger partial charge is 0.253 e. The minimum atomic E-state index is 0.00360. The van der Waals surface area contributed by atoms with Crippen molar-refractivity contribution in [2.24, 2.45) is 0 Å². The molecule has 6 nitrogen and oxygen atoms in total. The number of anilines is 1. The van der Waals surface area contributed by atoms with Gasteiger partial charge in [-0.15, -0.1) is 0 Å². The van der Waals surface area contributed by atoms with Gasteiger partial charge in [0.2, 0.25) is 0 Å². The van der Waals surface area contributed by atoms with Crippen LogP contribution in [0.25, 0.3) is 0 Å². The number of benzene rings is 2. The van der Waals surface area contributed by atoms with E-state index in [1.54, 1.807) is 12.0 Å². The third-order valence-electron chi connectivity index (χ3n) is 5.27. The Balaban J connectivity index is 1.88. The van der Waals surface area contributed by atoms with Gasteiger partial charge in [0.15, 0.2) is 17.2 Å². The van der Waals surface area contributed by atoms with E-state index < -0.39 is 0 Å². The molecule has 0 radical (unpaired) electrons. The van der Waals surface area contributed by atoms with Gasteiger partial charge in [-0.1, -0.05) is 12.1 Å². The van der Waals surface area contributed by atoms with E-state index in [0.29, 0.717) is 41.9 Å². The van der Waals surface area contributed by atoms with Crippen molar-refractivity contribution in [1.82, 2.24) is 10.2 Å². The highest BCUT2D eigenvalue weighted by atomic mass is 16.5. The molecule has 0 aliphatic carbocycles. The Morgan fingerprint density at radius 1 is 1.14 bits per heavy atom. The molecule has 2 N–H and O–H groups in total. The summed E-state index contributed by atoms with van der Waals surface area (Å²) in [5.74, 6) is 1.88. The predicted molar refractivity (Wildman–Crippen MR) is 116 cm³/mol. The minimum absolute atomic E-state index is 0.00360. The van der Waals surface area contributed by atoms with Gasteiger partial charge in [-0.05, 0) is 63.6 Å². The molecule has 6 heteroatoms. The maximum atomic E-state index is 12.8. The first kappa shape index (κ1) is 21.0. The fraction of sp³-hybridized carbons (Fsp3) is 0.435. The van der Waals surface area contributed by atoms with Crippen molar-refractivity contribution in [3.8, 4) is 17.2 Å².